The molecule has 0 aliphatic rings. The summed E-state index contributed by atoms with van der Waals surface area (Å²) in [4.78, 5) is 14.8. The maximum atomic E-state index is 11.0. The van der Waals surface area contributed by atoms with Crippen LogP contribution in [-0.2, 0) is 16.0 Å². The Balaban J connectivity index is 2.69. The molecule has 0 radical (unpaired) electrons. The van der Waals surface area contributed by atoms with Crippen molar-refractivity contribution in [3.05, 3.63) is 29.0 Å². The summed E-state index contributed by atoms with van der Waals surface area (Å²) in [6, 6.07) is 1.05. The molecule has 1 heterocycles. The van der Waals surface area contributed by atoms with Gasteiger partial charge in [-0.05, 0) is 18.1 Å². The van der Waals surface area contributed by atoms with Crippen LogP contribution in [0.1, 0.15) is 5.56 Å². The Kier molecular flexibility index (Phi) is 3.85. The number of esters is 1. The van der Waals surface area contributed by atoms with E-state index < -0.39 is 12.0 Å². The molecule has 0 aromatic carbocycles. The topological polar surface area (TPSA) is 65.2 Å². The van der Waals surface area contributed by atoms with Crippen molar-refractivity contribution in [3.8, 4) is 0 Å². The van der Waals surface area contributed by atoms with Crippen LogP contribution >= 0.6 is 11.6 Å². The third-order valence-electron chi connectivity index (χ3n) is 1.80. The Bertz CT molecular complexity index is 330. The molecule has 0 spiro atoms. The molecule has 14 heavy (non-hydrogen) atoms. The standard InChI is InChI=1S/C9H11ClN2O2/c1-14-9(13)8(11)4-6-2-3-12-5-7(6)10/h2-3,5,8H,4,11H2,1H3. The van der Waals surface area contributed by atoms with Crippen LogP contribution in [0.15, 0.2) is 18.5 Å². The SMILES string of the molecule is COC(=O)C(N)Cc1ccncc1Cl. The van der Waals surface area contributed by atoms with Crippen molar-refractivity contribution in [2.24, 2.45) is 5.73 Å². The Hall–Kier alpha value is -1.13. The number of nitrogens with two attached hydrogens (primary N) is 1. The van der Waals surface area contributed by atoms with Crippen LogP contribution in [0.5, 0.6) is 0 Å². The molecule has 76 valence electrons. The maximum absolute atomic E-state index is 11.0. The molecule has 0 aliphatic carbocycles. The van der Waals surface area contributed by atoms with E-state index in [0.29, 0.717) is 11.4 Å². The first kappa shape index (κ1) is 10.9. The first-order valence-electron chi connectivity index (χ1n) is 4.07. The zero-order chi connectivity index (χ0) is 10.6. The lowest BCUT2D eigenvalue weighted by molar-refractivity contribution is -0.142. The maximum Gasteiger partial charge on any atom is 0.322 e. The van der Waals surface area contributed by atoms with Gasteiger partial charge in [0.1, 0.15) is 6.04 Å². The molecule has 0 aliphatic heterocycles. The number of hydrogen-bond donors (Lipinski definition) is 1. The molecular formula is C9H11ClN2O2. The van der Waals surface area contributed by atoms with Crippen LogP contribution in [-0.4, -0.2) is 24.1 Å². The Morgan fingerprint density at radius 3 is 3.07 bits per heavy atom. The van der Waals surface area contributed by atoms with E-state index in [-0.39, 0.29) is 0 Å². The minimum Gasteiger partial charge on any atom is -0.468 e. The van der Waals surface area contributed by atoms with E-state index in [9.17, 15) is 4.79 Å². The second kappa shape index (κ2) is 4.93. The molecule has 2 N–H and O–H groups in total. The number of aromatic nitrogens is 1. The molecule has 4 nitrogen and oxygen atoms in total. The quantitative estimate of drug-likeness (QED) is 0.756. The highest BCUT2D eigenvalue weighted by atomic mass is 35.5. The monoisotopic (exact) mass is 214 g/mol. The van der Waals surface area contributed by atoms with E-state index in [4.69, 9.17) is 17.3 Å². The fourth-order valence-electron chi connectivity index (χ4n) is 1.04. The molecule has 1 aromatic rings. The number of nitrogens with zero attached hydrogens (tertiary/aromatic N) is 1. The lowest BCUT2D eigenvalue weighted by atomic mass is 10.1. The van der Waals surface area contributed by atoms with Crippen LogP contribution in [0.4, 0.5) is 0 Å². The second-order valence-electron chi connectivity index (χ2n) is 2.80. The predicted octanol–water partition coefficient (Wildman–Crippen LogP) is 0.778. The normalized spacial score (nSPS) is 12.2. The number of carbonyl (C=O) groups is 1. The van der Waals surface area contributed by atoms with Crippen molar-refractivity contribution < 1.29 is 9.53 Å². The third-order valence-corrected chi connectivity index (χ3v) is 2.14. The molecule has 0 bridgehead atoms. The summed E-state index contributed by atoms with van der Waals surface area (Å²) < 4.78 is 4.50. The minimum absolute atomic E-state index is 0.355. The fraction of sp³-hybridized carbons (Fsp3) is 0.333. The summed E-state index contributed by atoms with van der Waals surface area (Å²) in [6.45, 7) is 0. The molecule has 0 saturated heterocycles. The van der Waals surface area contributed by atoms with Gasteiger partial charge < -0.3 is 10.5 Å². The average molecular weight is 215 g/mol. The van der Waals surface area contributed by atoms with Crippen LogP contribution in [0, 0.1) is 0 Å². The van der Waals surface area contributed by atoms with E-state index in [1.165, 1.54) is 13.3 Å². The Labute approximate surface area is 87.0 Å². The highest BCUT2D eigenvalue weighted by Crippen LogP contribution is 2.14. The number of rotatable bonds is 3. The van der Waals surface area contributed by atoms with Gasteiger partial charge in [-0.25, -0.2) is 0 Å². The third kappa shape index (κ3) is 2.68. The van der Waals surface area contributed by atoms with Crippen LogP contribution in [0.25, 0.3) is 0 Å². The summed E-state index contributed by atoms with van der Waals surface area (Å²) >= 11 is 5.85. The molecule has 1 aromatic heterocycles. The predicted molar refractivity (Wildman–Crippen MR) is 52.9 cm³/mol. The van der Waals surface area contributed by atoms with Crippen molar-refractivity contribution in [3.63, 3.8) is 0 Å². The van der Waals surface area contributed by atoms with Gasteiger partial charge in [0.25, 0.3) is 0 Å². The summed E-state index contributed by atoms with van der Waals surface area (Å²) in [5, 5.41) is 0.506. The zero-order valence-electron chi connectivity index (χ0n) is 7.74. The van der Waals surface area contributed by atoms with Crippen molar-refractivity contribution in [2.45, 2.75) is 12.5 Å². The lowest BCUT2D eigenvalue weighted by Crippen LogP contribution is -2.33. The zero-order valence-corrected chi connectivity index (χ0v) is 8.49. The van der Waals surface area contributed by atoms with Crippen molar-refractivity contribution in [1.82, 2.24) is 4.98 Å². The van der Waals surface area contributed by atoms with Gasteiger partial charge in [-0.2, -0.15) is 0 Å². The first-order chi connectivity index (χ1) is 6.65. The largest absolute Gasteiger partial charge is 0.468 e. The van der Waals surface area contributed by atoms with E-state index in [1.807, 2.05) is 0 Å². The van der Waals surface area contributed by atoms with Crippen LogP contribution in [0.3, 0.4) is 0 Å². The van der Waals surface area contributed by atoms with Gasteiger partial charge in [-0.3, -0.25) is 9.78 Å². The number of ether oxygens (including phenoxy) is 1. The fourth-order valence-corrected chi connectivity index (χ4v) is 1.24. The molecule has 0 amide bonds. The Morgan fingerprint density at radius 2 is 2.50 bits per heavy atom. The highest BCUT2D eigenvalue weighted by molar-refractivity contribution is 6.31. The van der Waals surface area contributed by atoms with Gasteiger partial charge >= 0.3 is 5.97 Å². The average Bonchev–Trinajstić information content (AvgIpc) is 2.20. The minimum atomic E-state index is -0.681. The Morgan fingerprint density at radius 1 is 1.79 bits per heavy atom. The highest BCUT2D eigenvalue weighted by Gasteiger charge is 2.15. The number of halogens is 1. The van der Waals surface area contributed by atoms with Crippen molar-refractivity contribution >= 4 is 17.6 Å². The summed E-state index contributed by atoms with van der Waals surface area (Å²) in [5.74, 6) is -0.446. The molecule has 1 unspecified atom stereocenters. The van der Waals surface area contributed by atoms with Crippen LogP contribution < -0.4 is 5.73 Å². The van der Waals surface area contributed by atoms with Gasteiger partial charge in [0, 0.05) is 12.4 Å². The smallest absolute Gasteiger partial charge is 0.322 e. The number of methoxy groups -OCH3 is 1. The van der Waals surface area contributed by atoms with Gasteiger partial charge in [-0.1, -0.05) is 11.6 Å². The van der Waals surface area contributed by atoms with E-state index in [0.717, 1.165) is 5.56 Å². The van der Waals surface area contributed by atoms with E-state index >= 15 is 0 Å². The second-order valence-corrected chi connectivity index (χ2v) is 3.21. The summed E-state index contributed by atoms with van der Waals surface area (Å²) in [7, 11) is 1.30. The van der Waals surface area contributed by atoms with E-state index in [2.05, 4.69) is 9.72 Å². The molecule has 1 atom stereocenters. The lowest BCUT2D eigenvalue weighted by Gasteiger charge is -2.09. The molecule has 0 fully saturated rings. The van der Waals surface area contributed by atoms with Gasteiger partial charge in [0.05, 0.1) is 12.1 Å². The number of hydrogen-bond acceptors (Lipinski definition) is 4. The van der Waals surface area contributed by atoms with Crippen molar-refractivity contribution in [2.75, 3.05) is 7.11 Å². The molecular weight excluding hydrogens is 204 g/mol. The number of carbonyl (C=O) groups excluding carboxylic acids is 1. The van der Waals surface area contributed by atoms with E-state index in [1.54, 1.807) is 12.3 Å². The van der Waals surface area contributed by atoms with Crippen LogP contribution in [0.2, 0.25) is 5.02 Å². The number of pyridine rings is 1. The van der Waals surface area contributed by atoms with Crippen molar-refractivity contribution in [1.29, 1.82) is 0 Å². The molecule has 5 heteroatoms. The van der Waals surface area contributed by atoms with Gasteiger partial charge in [0.15, 0.2) is 0 Å². The molecule has 0 saturated carbocycles. The summed E-state index contributed by atoms with van der Waals surface area (Å²) in [5.41, 5.74) is 6.37. The first-order valence-corrected chi connectivity index (χ1v) is 4.44. The van der Waals surface area contributed by atoms with Gasteiger partial charge in [-0.15, -0.1) is 0 Å². The summed E-state index contributed by atoms with van der Waals surface area (Å²) in [6.07, 6.45) is 3.47. The molecule has 1 rings (SSSR count). The van der Waals surface area contributed by atoms with Gasteiger partial charge in [0.2, 0.25) is 0 Å².